The van der Waals surface area contributed by atoms with E-state index in [1.165, 1.54) is 44.9 Å². The third kappa shape index (κ3) is 13.1. The van der Waals surface area contributed by atoms with Crippen LogP contribution in [0.1, 0.15) is 72.1 Å². The average molecular weight is 240 g/mol. The first-order valence-electron chi connectivity index (χ1n) is 7.04. The van der Waals surface area contributed by atoms with Crippen molar-refractivity contribution in [3.05, 3.63) is 12.2 Å². The van der Waals surface area contributed by atoms with Gasteiger partial charge in [0.2, 0.25) is 0 Å². The third-order valence-corrected chi connectivity index (χ3v) is 2.58. The minimum absolute atomic E-state index is 0.0225. The molecule has 0 atom stereocenters. The molecule has 2 nitrogen and oxygen atoms in total. The second-order valence-electron chi connectivity index (χ2n) is 4.80. The van der Waals surface area contributed by atoms with Crippen LogP contribution < -0.4 is 0 Å². The molecule has 0 N–H and O–H groups in total. The normalized spacial score (nSPS) is 11.3. The van der Waals surface area contributed by atoms with Crippen molar-refractivity contribution in [2.24, 2.45) is 0 Å². The molecule has 0 aromatic heterocycles. The van der Waals surface area contributed by atoms with Crippen LogP contribution in [-0.2, 0) is 9.53 Å². The van der Waals surface area contributed by atoms with E-state index in [0.717, 1.165) is 6.42 Å². The fourth-order valence-corrected chi connectivity index (χ4v) is 1.67. The Morgan fingerprint density at radius 3 is 2.24 bits per heavy atom. The van der Waals surface area contributed by atoms with Crippen LogP contribution in [0.15, 0.2) is 12.2 Å². The summed E-state index contributed by atoms with van der Waals surface area (Å²) in [6, 6.07) is 0. The van der Waals surface area contributed by atoms with Crippen LogP contribution in [0.2, 0.25) is 0 Å². The quantitative estimate of drug-likeness (QED) is 0.316. The number of carbonyl (C=O) groups excluding carboxylic acids is 1. The van der Waals surface area contributed by atoms with E-state index in [2.05, 4.69) is 6.92 Å². The maximum absolute atomic E-state index is 11.2. The molecule has 0 bridgehead atoms. The third-order valence-electron chi connectivity index (χ3n) is 2.58. The Balaban J connectivity index is 3.27. The zero-order chi connectivity index (χ0) is 12.9. The smallest absolute Gasteiger partial charge is 0.330 e. The summed E-state index contributed by atoms with van der Waals surface area (Å²) in [5.41, 5.74) is 0. The highest BCUT2D eigenvalue weighted by atomic mass is 16.5. The molecule has 0 aromatic rings. The van der Waals surface area contributed by atoms with E-state index in [1.807, 2.05) is 19.9 Å². The second-order valence-corrected chi connectivity index (χ2v) is 4.80. The molecule has 0 aromatic carbocycles. The minimum atomic E-state index is -0.219. The first-order valence-corrected chi connectivity index (χ1v) is 7.04. The Labute approximate surface area is 106 Å². The number of hydrogen-bond donors (Lipinski definition) is 0. The van der Waals surface area contributed by atoms with Gasteiger partial charge in [-0.1, -0.05) is 51.5 Å². The van der Waals surface area contributed by atoms with Crippen LogP contribution in [0.3, 0.4) is 0 Å². The number of carbonyl (C=O) groups is 1. The van der Waals surface area contributed by atoms with Crippen molar-refractivity contribution >= 4 is 5.97 Å². The van der Waals surface area contributed by atoms with Crippen molar-refractivity contribution in [3.63, 3.8) is 0 Å². The monoisotopic (exact) mass is 240 g/mol. The molecule has 0 aliphatic heterocycles. The Morgan fingerprint density at radius 2 is 1.65 bits per heavy atom. The van der Waals surface area contributed by atoms with Gasteiger partial charge in [-0.25, -0.2) is 4.79 Å². The number of allylic oxidation sites excluding steroid dienone is 1. The maximum atomic E-state index is 11.2. The lowest BCUT2D eigenvalue weighted by molar-refractivity contribution is -0.141. The highest BCUT2D eigenvalue weighted by Gasteiger charge is 1.98. The van der Waals surface area contributed by atoms with Gasteiger partial charge in [-0.3, -0.25) is 0 Å². The van der Waals surface area contributed by atoms with Gasteiger partial charge in [0, 0.05) is 6.08 Å². The van der Waals surface area contributed by atoms with E-state index >= 15 is 0 Å². The molecule has 0 saturated carbocycles. The molecule has 0 aliphatic rings. The fraction of sp³-hybridized carbons (Fsp3) is 0.800. The fourth-order valence-electron chi connectivity index (χ4n) is 1.67. The predicted molar refractivity (Wildman–Crippen MR) is 73.0 cm³/mol. The Kier molecular flexibility index (Phi) is 11.1. The zero-order valence-corrected chi connectivity index (χ0v) is 11.7. The highest BCUT2D eigenvalue weighted by molar-refractivity contribution is 5.81. The predicted octanol–water partition coefficient (Wildman–Crippen LogP) is 4.63. The van der Waals surface area contributed by atoms with Gasteiger partial charge in [0.1, 0.15) is 0 Å². The lowest BCUT2D eigenvalue weighted by Gasteiger charge is -2.03. The molecule has 0 radical (unpaired) electrons. The number of hydrogen-bond acceptors (Lipinski definition) is 2. The molecule has 17 heavy (non-hydrogen) atoms. The molecule has 2 heteroatoms. The standard InChI is InChI=1S/C15H28O2/c1-4-5-6-7-8-9-10-11-12-13-15(16)17-14(2)3/h12-14H,4-11H2,1-3H3. The van der Waals surface area contributed by atoms with Gasteiger partial charge < -0.3 is 4.74 Å². The zero-order valence-electron chi connectivity index (χ0n) is 11.7. The van der Waals surface area contributed by atoms with Crippen molar-refractivity contribution in [2.45, 2.75) is 78.2 Å². The molecular formula is C15H28O2. The van der Waals surface area contributed by atoms with E-state index in [4.69, 9.17) is 4.74 Å². The number of ether oxygens (including phenoxy) is 1. The number of unbranched alkanes of at least 4 members (excludes halogenated alkanes) is 7. The average Bonchev–Trinajstić information content (AvgIpc) is 2.26. The summed E-state index contributed by atoms with van der Waals surface area (Å²) in [6.45, 7) is 5.96. The molecule has 0 unspecified atom stereocenters. The topological polar surface area (TPSA) is 26.3 Å². The van der Waals surface area contributed by atoms with Gasteiger partial charge >= 0.3 is 5.97 Å². The number of esters is 1. The molecule has 0 rings (SSSR count). The number of rotatable bonds is 10. The van der Waals surface area contributed by atoms with Crippen molar-refractivity contribution < 1.29 is 9.53 Å². The Bertz CT molecular complexity index is 207. The summed E-state index contributed by atoms with van der Waals surface area (Å²) >= 11 is 0. The van der Waals surface area contributed by atoms with E-state index in [1.54, 1.807) is 6.08 Å². The summed E-state index contributed by atoms with van der Waals surface area (Å²) < 4.78 is 5.00. The summed E-state index contributed by atoms with van der Waals surface area (Å²) in [7, 11) is 0. The van der Waals surface area contributed by atoms with E-state index in [-0.39, 0.29) is 12.1 Å². The molecule has 100 valence electrons. The van der Waals surface area contributed by atoms with Crippen LogP contribution >= 0.6 is 0 Å². The summed E-state index contributed by atoms with van der Waals surface area (Å²) in [4.78, 5) is 11.2. The molecule has 0 aliphatic carbocycles. The van der Waals surface area contributed by atoms with Gasteiger partial charge in [0.15, 0.2) is 0 Å². The Hall–Kier alpha value is -0.790. The van der Waals surface area contributed by atoms with E-state index in [0.29, 0.717) is 0 Å². The summed E-state index contributed by atoms with van der Waals surface area (Å²) in [5, 5.41) is 0. The van der Waals surface area contributed by atoms with E-state index in [9.17, 15) is 4.79 Å². The molecule has 0 heterocycles. The molecule has 0 amide bonds. The lowest BCUT2D eigenvalue weighted by atomic mass is 10.1. The van der Waals surface area contributed by atoms with Gasteiger partial charge in [-0.15, -0.1) is 0 Å². The largest absolute Gasteiger partial charge is 0.460 e. The highest BCUT2D eigenvalue weighted by Crippen LogP contribution is 2.08. The van der Waals surface area contributed by atoms with Crippen molar-refractivity contribution in [2.75, 3.05) is 0 Å². The Morgan fingerprint density at radius 1 is 1.06 bits per heavy atom. The van der Waals surface area contributed by atoms with Crippen LogP contribution in [0.25, 0.3) is 0 Å². The molecule has 0 spiro atoms. The maximum Gasteiger partial charge on any atom is 0.330 e. The van der Waals surface area contributed by atoms with Gasteiger partial charge in [-0.2, -0.15) is 0 Å². The van der Waals surface area contributed by atoms with Crippen LogP contribution in [0, 0.1) is 0 Å². The van der Waals surface area contributed by atoms with Crippen LogP contribution in [0.4, 0.5) is 0 Å². The van der Waals surface area contributed by atoms with Gasteiger partial charge in [-0.05, 0) is 26.7 Å². The van der Waals surface area contributed by atoms with Gasteiger partial charge in [0.05, 0.1) is 6.10 Å². The van der Waals surface area contributed by atoms with Crippen LogP contribution in [-0.4, -0.2) is 12.1 Å². The van der Waals surface area contributed by atoms with Gasteiger partial charge in [0.25, 0.3) is 0 Å². The first kappa shape index (κ1) is 16.2. The first-order chi connectivity index (χ1) is 8.16. The minimum Gasteiger partial charge on any atom is -0.460 e. The summed E-state index contributed by atoms with van der Waals surface area (Å²) in [5.74, 6) is -0.219. The SMILES string of the molecule is CCCCCCCCCC=CC(=O)OC(C)C. The lowest BCUT2D eigenvalue weighted by Crippen LogP contribution is -2.08. The molecule has 0 fully saturated rings. The molecular weight excluding hydrogens is 212 g/mol. The second kappa shape index (κ2) is 11.7. The molecule has 0 saturated heterocycles. The van der Waals surface area contributed by atoms with Crippen molar-refractivity contribution in [1.82, 2.24) is 0 Å². The summed E-state index contributed by atoms with van der Waals surface area (Å²) in [6.07, 6.45) is 13.6. The van der Waals surface area contributed by atoms with Crippen molar-refractivity contribution in [1.29, 1.82) is 0 Å². The van der Waals surface area contributed by atoms with Crippen LogP contribution in [0.5, 0.6) is 0 Å². The van der Waals surface area contributed by atoms with E-state index < -0.39 is 0 Å². The van der Waals surface area contributed by atoms with Crippen molar-refractivity contribution in [3.8, 4) is 0 Å².